The number of pyridine rings is 1. The van der Waals surface area contributed by atoms with Gasteiger partial charge in [0.05, 0.1) is 23.4 Å². The first-order valence-corrected chi connectivity index (χ1v) is 8.50. The third kappa shape index (κ3) is 4.30. The van der Waals surface area contributed by atoms with Crippen LogP contribution in [0.5, 0.6) is 0 Å². The van der Waals surface area contributed by atoms with Crippen LogP contribution < -0.4 is 10.2 Å². The van der Waals surface area contributed by atoms with E-state index in [0.717, 1.165) is 12.3 Å². The molecule has 1 aliphatic heterocycles. The molecule has 2 aromatic heterocycles. The molecule has 1 N–H and O–H groups in total. The number of halogens is 4. The van der Waals surface area contributed by atoms with Crippen LogP contribution >= 0.6 is 11.6 Å². The van der Waals surface area contributed by atoms with Gasteiger partial charge >= 0.3 is 6.18 Å². The summed E-state index contributed by atoms with van der Waals surface area (Å²) in [6.07, 6.45) is -1.01. The second-order valence-corrected chi connectivity index (χ2v) is 6.49. The quantitative estimate of drug-likeness (QED) is 0.865. The number of hydrogen-bond donors (Lipinski definition) is 1. The summed E-state index contributed by atoms with van der Waals surface area (Å²) >= 11 is 5.98. The molecule has 140 valence electrons. The van der Waals surface area contributed by atoms with Crippen LogP contribution in [0.25, 0.3) is 0 Å². The van der Waals surface area contributed by atoms with E-state index < -0.39 is 11.7 Å². The van der Waals surface area contributed by atoms with E-state index in [1.54, 1.807) is 23.3 Å². The summed E-state index contributed by atoms with van der Waals surface area (Å²) in [6, 6.07) is 4.41. The number of amides is 1. The van der Waals surface area contributed by atoms with Crippen molar-refractivity contribution in [3.05, 3.63) is 47.0 Å². The maximum Gasteiger partial charge on any atom is 0.417 e. The molecule has 0 saturated carbocycles. The maximum absolute atomic E-state index is 12.7. The molecule has 26 heavy (non-hydrogen) atoms. The lowest BCUT2D eigenvalue weighted by molar-refractivity contribution is -0.137. The predicted octanol–water partition coefficient (Wildman–Crippen LogP) is 3.88. The number of anilines is 1. The third-order valence-corrected chi connectivity index (χ3v) is 4.61. The Balaban J connectivity index is 1.55. The Labute approximate surface area is 153 Å². The summed E-state index contributed by atoms with van der Waals surface area (Å²) < 4.78 is 43.2. The second-order valence-electron chi connectivity index (χ2n) is 6.09. The molecule has 0 radical (unpaired) electrons. The van der Waals surface area contributed by atoms with Crippen molar-refractivity contribution in [1.82, 2.24) is 10.3 Å². The standard InChI is InChI=1S/C17H17ClF3N3O2/c18-14-8-12(17(19,20)21)9-22-15(14)24-5-3-11(4-6-24)16(25)23-10-13-2-1-7-26-13/h1-2,7-9,11H,3-6,10H2,(H,23,25). The summed E-state index contributed by atoms with van der Waals surface area (Å²) in [5.74, 6) is 0.771. The number of carbonyl (C=O) groups is 1. The SMILES string of the molecule is O=C(NCc1ccco1)C1CCN(c2ncc(C(F)(F)F)cc2Cl)CC1. The van der Waals surface area contributed by atoms with Crippen LogP contribution in [0.1, 0.15) is 24.2 Å². The largest absolute Gasteiger partial charge is 0.467 e. The number of carbonyl (C=O) groups excluding carboxylic acids is 1. The van der Waals surface area contributed by atoms with Crippen molar-refractivity contribution in [2.45, 2.75) is 25.6 Å². The highest BCUT2D eigenvalue weighted by Gasteiger charge is 2.33. The van der Waals surface area contributed by atoms with E-state index in [0.29, 0.717) is 44.1 Å². The Hall–Kier alpha value is -2.22. The van der Waals surface area contributed by atoms with Gasteiger partial charge in [0.25, 0.3) is 0 Å². The Bertz CT molecular complexity index is 757. The lowest BCUT2D eigenvalue weighted by Gasteiger charge is -2.32. The van der Waals surface area contributed by atoms with E-state index in [1.165, 1.54) is 0 Å². The van der Waals surface area contributed by atoms with Crippen LogP contribution in [-0.2, 0) is 17.5 Å². The number of rotatable bonds is 4. The van der Waals surface area contributed by atoms with Gasteiger partial charge in [0.2, 0.25) is 5.91 Å². The van der Waals surface area contributed by atoms with Gasteiger partial charge in [-0.25, -0.2) is 4.98 Å². The first-order valence-electron chi connectivity index (χ1n) is 8.12. The fraction of sp³-hybridized carbons (Fsp3) is 0.412. The van der Waals surface area contributed by atoms with Crippen LogP contribution in [0.3, 0.4) is 0 Å². The zero-order chi connectivity index (χ0) is 18.7. The van der Waals surface area contributed by atoms with Gasteiger partial charge in [0.15, 0.2) is 0 Å². The fourth-order valence-corrected chi connectivity index (χ4v) is 3.19. The average molecular weight is 388 g/mol. The summed E-state index contributed by atoms with van der Waals surface area (Å²) in [6.45, 7) is 1.33. The van der Waals surface area contributed by atoms with Gasteiger partial charge in [-0.2, -0.15) is 13.2 Å². The Kier molecular flexibility index (Phi) is 5.41. The molecule has 0 aromatic carbocycles. The molecule has 3 rings (SSSR count). The lowest BCUT2D eigenvalue weighted by Crippen LogP contribution is -2.40. The van der Waals surface area contributed by atoms with Crippen LogP contribution in [0.4, 0.5) is 19.0 Å². The lowest BCUT2D eigenvalue weighted by atomic mass is 9.96. The number of hydrogen-bond acceptors (Lipinski definition) is 4. The smallest absolute Gasteiger partial charge is 0.417 e. The molecular weight excluding hydrogens is 371 g/mol. The van der Waals surface area contributed by atoms with Gasteiger partial charge in [-0.3, -0.25) is 4.79 Å². The molecule has 1 fully saturated rings. The molecule has 0 aliphatic carbocycles. The molecule has 0 spiro atoms. The van der Waals surface area contributed by atoms with E-state index in [2.05, 4.69) is 10.3 Å². The van der Waals surface area contributed by atoms with Crippen molar-refractivity contribution in [1.29, 1.82) is 0 Å². The number of nitrogens with one attached hydrogen (secondary N) is 1. The molecule has 5 nitrogen and oxygen atoms in total. The normalized spacial score (nSPS) is 15.9. The van der Waals surface area contributed by atoms with Crippen molar-refractivity contribution in [2.75, 3.05) is 18.0 Å². The molecular formula is C17H17ClF3N3O2. The minimum Gasteiger partial charge on any atom is -0.467 e. The average Bonchev–Trinajstić information content (AvgIpc) is 3.12. The summed E-state index contributed by atoms with van der Waals surface area (Å²) in [4.78, 5) is 17.9. The minimum absolute atomic E-state index is 0.0412. The summed E-state index contributed by atoms with van der Waals surface area (Å²) in [7, 11) is 0. The van der Waals surface area contributed by atoms with E-state index in [1.807, 2.05) is 0 Å². The van der Waals surface area contributed by atoms with Gasteiger partial charge in [0.1, 0.15) is 11.6 Å². The first-order chi connectivity index (χ1) is 12.3. The molecule has 1 saturated heterocycles. The highest BCUT2D eigenvalue weighted by atomic mass is 35.5. The van der Waals surface area contributed by atoms with Crippen LogP contribution in [0, 0.1) is 5.92 Å². The third-order valence-electron chi connectivity index (χ3n) is 4.33. The fourth-order valence-electron chi connectivity index (χ4n) is 2.90. The molecule has 3 heterocycles. The Morgan fingerprint density at radius 1 is 1.38 bits per heavy atom. The van der Waals surface area contributed by atoms with Crippen LogP contribution in [0.2, 0.25) is 5.02 Å². The maximum atomic E-state index is 12.7. The van der Waals surface area contributed by atoms with Crippen molar-refractivity contribution >= 4 is 23.3 Å². The van der Waals surface area contributed by atoms with E-state index >= 15 is 0 Å². The van der Waals surface area contributed by atoms with E-state index in [9.17, 15) is 18.0 Å². The summed E-state index contributed by atoms with van der Waals surface area (Å²) in [5.41, 5.74) is -0.876. The van der Waals surface area contributed by atoms with Crippen molar-refractivity contribution in [2.24, 2.45) is 5.92 Å². The Morgan fingerprint density at radius 2 is 2.12 bits per heavy atom. The van der Waals surface area contributed by atoms with E-state index in [-0.39, 0.29) is 16.8 Å². The number of piperidine rings is 1. The highest BCUT2D eigenvalue weighted by molar-refractivity contribution is 6.33. The second kappa shape index (κ2) is 7.57. The zero-order valence-corrected chi connectivity index (χ0v) is 14.5. The topological polar surface area (TPSA) is 58.4 Å². The van der Waals surface area contributed by atoms with Gasteiger partial charge < -0.3 is 14.6 Å². The zero-order valence-electron chi connectivity index (χ0n) is 13.7. The molecule has 1 aliphatic rings. The van der Waals surface area contributed by atoms with Crippen LogP contribution in [0.15, 0.2) is 35.1 Å². The number of alkyl halides is 3. The Morgan fingerprint density at radius 3 is 2.69 bits per heavy atom. The molecule has 9 heteroatoms. The van der Waals surface area contributed by atoms with Gasteiger partial charge in [-0.05, 0) is 31.0 Å². The number of aromatic nitrogens is 1. The van der Waals surface area contributed by atoms with Crippen molar-refractivity contribution in [3.8, 4) is 0 Å². The van der Waals surface area contributed by atoms with Gasteiger partial charge in [-0.15, -0.1) is 0 Å². The molecule has 0 unspecified atom stereocenters. The predicted molar refractivity (Wildman–Crippen MR) is 89.7 cm³/mol. The monoisotopic (exact) mass is 387 g/mol. The molecule has 1 amide bonds. The highest BCUT2D eigenvalue weighted by Crippen LogP contribution is 2.34. The van der Waals surface area contributed by atoms with E-state index in [4.69, 9.17) is 16.0 Å². The molecule has 0 bridgehead atoms. The minimum atomic E-state index is -4.48. The van der Waals surface area contributed by atoms with Gasteiger partial charge in [-0.1, -0.05) is 11.6 Å². The van der Waals surface area contributed by atoms with Gasteiger partial charge in [0, 0.05) is 25.2 Å². The molecule has 2 aromatic rings. The van der Waals surface area contributed by atoms with Crippen molar-refractivity contribution in [3.63, 3.8) is 0 Å². The van der Waals surface area contributed by atoms with Crippen LogP contribution in [-0.4, -0.2) is 24.0 Å². The first kappa shape index (κ1) is 18.6. The molecule has 0 atom stereocenters. The van der Waals surface area contributed by atoms with Crippen molar-refractivity contribution < 1.29 is 22.4 Å². The number of nitrogens with zero attached hydrogens (tertiary/aromatic N) is 2. The number of furan rings is 1. The summed E-state index contributed by atoms with van der Waals surface area (Å²) in [5, 5.41) is 2.79.